The quantitative estimate of drug-likeness (QED) is 0.621. The molecule has 0 aliphatic carbocycles. The summed E-state index contributed by atoms with van der Waals surface area (Å²) in [7, 11) is 0. The van der Waals surface area contributed by atoms with Crippen LogP contribution in [0.15, 0.2) is 12.1 Å². The first kappa shape index (κ1) is 15.4. The van der Waals surface area contributed by atoms with Gasteiger partial charge in [-0.25, -0.2) is 4.79 Å². The van der Waals surface area contributed by atoms with Gasteiger partial charge in [-0.15, -0.1) is 11.8 Å². The zero-order chi connectivity index (χ0) is 16.1. The number of ether oxygens (including phenoxy) is 1. The van der Waals surface area contributed by atoms with Crippen LogP contribution in [0.1, 0.15) is 36.5 Å². The summed E-state index contributed by atoms with van der Waals surface area (Å²) in [6.45, 7) is 7.93. The standard InChI is InChI=1S/C17H21NO3S/c1-10-5-6-11(2)15(12(10)3)21-16(20)13-9-22-17(4)8-7-14(19)18(13)17/h5-6,13H,7-9H2,1-4H3/t13-,17+/m1/s1. The molecule has 1 aromatic rings. The Labute approximate surface area is 135 Å². The molecule has 0 bridgehead atoms. The van der Waals surface area contributed by atoms with Crippen molar-refractivity contribution in [2.45, 2.75) is 51.4 Å². The van der Waals surface area contributed by atoms with Crippen LogP contribution < -0.4 is 4.74 Å². The molecule has 2 saturated heterocycles. The average Bonchev–Trinajstić information content (AvgIpc) is 2.96. The number of esters is 1. The van der Waals surface area contributed by atoms with Crippen molar-refractivity contribution in [3.63, 3.8) is 0 Å². The normalized spacial score (nSPS) is 27.2. The Balaban J connectivity index is 1.84. The molecule has 1 aromatic carbocycles. The first-order valence-electron chi connectivity index (χ1n) is 7.58. The Hall–Kier alpha value is -1.49. The first-order chi connectivity index (χ1) is 10.3. The highest BCUT2D eigenvalue weighted by Gasteiger charge is 2.53. The van der Waals surface area contributed by atoms with Crippen molar-refractivity contribution < 1.29 is 14.3 Å². The van der Waals surface area contributed by atoms with Crippen molar-refractivity contribution >= 4 is 23.6 Å². The third kappa shape index (κ3) is 2.32. The molecule has 4 nitrogen and oxygen atoms in total. The maximum Gasteiger partial charge on any atom is 0.335 e. The number of thioether (sulfide) groups is 1. The van der Waals surface area contributed by atoms with Crippen LogP contribution in [0.4, 0.5) is 0 Å². The molecule has 22 heavy (non-hydrogen) atoms. The van der Waals surface area contributed by atoms with E-state index in [0.29, 0.717) is 17.9 Å². The van der Waals surface area contributed by atoms with Gasteiger partial charge in [0.2, 0.25) is 5.91 Å². The van der Waals surface area contributed by atoms with Gasteiger partial charge in [0, 0.05) is 12.2 Å². The molecule has 2 aliphatic rings. The average molecular weight is 319 g/mol. The minimum atomic E-state index is -0.468. The SMILES string of the molecule is Cc1ccc(C)c(OC(=O)[C@H]2CS[C@@]3(C)CCC(=O)N23)c1C. The molecule has 2 fully saturated rings. The third-order valence-corrected chi connectivity index (χ3v) is 6.30. The second kappa shape index (κ2) is 5.30. The van der Waals surface area contributed by atoms with Crippen LogP contribution in [0.2, 0.25) is 0 Å². The van der Waals surface area contributed by atoms with Gasteiger partial charge in [-0.05, 0) is 50.8 Å². The molecule has 0 N–H and O–H groups in total. The molecule has 0 spiro atoms. The molecule has 0 radical (unpaired) electrons. The lowest BCUT2D eigenvalue weighted by atomic mass is 10.1. The molecule has 3 rings (SSSR count). The monoisotopic (exact) mass is 319 g/mol. The van der Waals surface area contributed by atoms with Crippen molar-refractivity contribution in [3.8, 4) is 5.75 Å². The molecule has 0 unspecified atom stereocenters. The summed E-state index contributed by atoms with van der Waals surface area (Å²) in [6.07, 6.45) is 1.33. The van der Waals surface area contributed by atoms with Crippen LogP contribution in [0.3, 0.4) is 0 Å². The second-order valence-corrected chi connectivity index (χ2v) is 7.84. The summed E-state index contributed by atoms with van der Waals surface area (Å²) in [5, 5.41) is 0. The number of aryl methyl sites for hydroxylation is 2. The molecular weight excluding hydrogens is 298 g/mol. The van der Waals surface area contributed by atoms with Crippen LogP contribution >= 0.6 is 11.8 Å². The van der Waals surface area contributed by atoms with E-state index in [1.54, 1.807) is 16.7 Å². The number of hydrogen-bond acceptors (Lipinski definition) is 4. The van der Waals surface area contributed by atoms with Crippen molar-refractivity contribution in [2.24, 2.45) is 0 Å². The second-order valence-electron chi connectivity index (χ2n) is 6.34. The Kier molecular flexibility index (Phi) is 3.71. The lowest BCUT2D eigenvalue weighted by Crippen LogP contribution is -2.47. The van der Waals surface area contributed by atoms with E-state index < -0.39 is 6.04 Å². The Morgan fingerprint density at radius 1 is 1.32 bits per heavy atom. The van der Waals surface area contributed by atoms with E-state index in [1.165, 1.54) is 0 Å². The molecule has 2 atom stereocenters. The van der Waals surface area contributed by atoms with E-state index in [2.05, 4.69) is 0 Å². The summed E-state index contributed by atoms with van der Waals surface area (Å²) < 4.78 is 5.70. The van der Waals surface area contributed by atoms with E-state index in [0.717, 1.165) is 23.1 Å². The van der Waals surface area contributed by atoms with E-state index in [4.69, 9.17) is 4.74 Å². The summed E-state index contributed by atoms with van der Waals surface area (Å²) in [6, 6.07) is 3.51. The lowest BCUT2D eigenvalue weighted by Gasteiger charge is -2.29. The number of benzene rings is 1. The fourth-order valence-electron chi connectivity index (χ4n) is 3.25. The zero-order valence-electron chi connectivity index (χ0n) is 13.4. The van der Waals surface area contributed by atoms with Gasteiger partial charge in [0.1, 0.15) is 11.8 Å². The molecule has 5 heteroatoms. The number of amides is 1. The van der Waals surface area contributed by atoms with Gasteiger partial charge >= 0.3 is 5.97 Å². The van der Waals surface area contributed by atoms with Crippen LogP contribution in [0.25, 0.3) is 0 Å². The lowest BCUT2D eigenvalue weighted by molar-refractivity contribution is -0.146. The van der Waals surface area contributed by atoms with Crippen molar-refractivity contribution in [2.75, 3.05) is 5.75 Å². The number of nitrogens with zero attached hydrogens (tertiary/aromatic N) is 1. The van der Waals surface area contributed by atoms with E-state index in [1.807, 2.05) is 39.8 Å². The van der Waals surface area contributed by atoms with Gasteiger partial charge in [-0.3, -0.25) is 4.79 Å². The molecule has 1 amide bonds. The minimum absolute atomic E-state index is 0.0622. The fourth-order valence-corrected chi connectivity index (χ4v) is 4.66. The Morgan fingerprint density at radius 2 is 2.00 bits per heavy atom. The van der Waals surface area contributed by atoms with Crippen molar-refractivity contribution in [1.82, 2.24) is 4.90 Å². The Morgan fingerprint density at radius 3 is 2.73 bits per heavy atom. The summed E-state index contributed by atoms with van der Waals surface area (Å²) >= 11 is 1.68. The maximum atomic E-state index is 12.6. The number of fused-ring (bicyclic) bond motifs is 1. The fraction of sp³-hybridized carbons (Fsp3) is 0.529. The zero-order valence-corrected chi connectivity index (χ0v) is 14.3. The predicted molar refractivity (Wildman–Crippen MR) is 87.0 cm³/mol. The van der Waals surface area contributed by atoms with Crippen molar-refractivity contribution in [3.05, 3.63) is 28.8 Å². The highest BCUT2D eigenvalue weighted by atomic mass is 32.2. The molecule has 2 heterocycles. The minimum Gasteiger partial charge on any atom is -0.424 e. The highest BCUT2D eigenvalue weighted by Crippen LogP contribution is 2.47. The van der Waals surface area contributed by atoms with Crippen LogP contribution in [0.5, 0.6) is 5.75 Å². The van der Waals surface area contributed by atoms with Crippen LogP contribution in [0, 0.1) is 20.8 Å². The van der Waals surface area contributed by atoms with E-state index >= 15 is 0 Å². The van der Waals surface area contributed by atoms with Crippen LogP contribution in [-0.4, -0.2) is 33.4 Å². The highest BCUT2D eigenvalue weighted by molar-refractivity contribution is 8.01. The molecule has 2 aliphatic heterocycles. The number of rotatable bonds is 2. The molecule has 118 valence electrons. The summed E-state index contributed by atoms with van der Waals surface area (Å²) in [5.41, 5.74) is 3.02. The maximum absolute atomic E-state index is 12.6. The largest absolute Gasteiger partial charge is 0.424 e. The number of carbonyl (C=O) groups excluding carboxylic acids is 2. The molecular formula is C17H21NO3S. The van der Waals surface area contributed by atoms with E-state index in [9.17, 15) is 9.59 Å². The Bertz CT molecular complexity index is 658. The predicted octanol–water partition coefficient (Wildman–Crippen LogP) is 2.97. The van der Waals surface area contributed by atoms with Gasteiger partial charge in [0.25, 0.3) is 0 Å². The van der Waals surface area contributed by atoms with Gasteiger partial charge in [0.15, 0.2) is 0 Å². The van der Waals surface area contributed by atoms with Gasteiger partial charge in [-0.1, -0.05) is 12.1 Å². The van der Waals surface area contributed by atoms with Gasteiger partial charge in [-0.2, -0.15) is 0 Å². The van der Waals surface area contributed by atoms with Gasteiger partial charge < -0.3 is 9.64 Å². The smallest absolute Gasteiger partial charge is 0.335 e. The molecule has 0 aromatic heterocycles. The number of hydrogen-bond donors (Lipinski definition) is 0. The summed E-state index contributed by atoms with van der Waals surface area (Å²) in [5.74, 6) is 0.996. The molecule has 0 saturated carbocycles. The van der Waals surface area contributed by atoms with Crippen LogP contribution in [-0.2, 0) is 9.59 Å². The topological polar surface area (TPSA) is 46.6 Å². The number of carbonyl (C=O) groups is 2. The third-order valence-electron chi connectivity index (χ3n) is 4.79. The first-order valence-corrected chi connectivity index (χ1v) is 8.57. The van der Waals surface area contributed by atoms with Gasteiger partial charge in [0.05, 0.1) is 4.87 Å². The van der Waals surface area contributed by atoms with Crippen molar-refractivity contribution in [1.29, 1.82) is 0 Å². The van der Waals surface area contributed by atoms with E-state index in [-0.39, 0.29) is 16.7 Å². The summed E-state index contributed by atoms with van der Waals surface area (Å²) in [4.78, 5) is 26.3.